The number of fused-ring (bicyclic) bond motifs is 6. The lowest BCUT2D eigenvalue weighted by atomic mass is 9.80. The van der Waals surface area contributed by atoms with Crippen LogP contribution in [0.3, 0.4) is 0 Å². The van der Waals surface area contributed by atoms with Gasteiger partial charge >= 0.3 is 0 Å². The Balaban J connectivity index is 1.06. The van der Waals surface area contributed by atoms with E-state index in [0.29, 0.717) is 5.82 Å². The zero-order valence-electron chi connectivity index (χ0n) is 35.5. The highest BCUT2D eigenvalue weighted by Crippen LogP contribution is 2.54. The summed E-state index contributed by atoms with van der Waals surface area (Å²) in [6.45, 7) is 4.68. The normalized spacial score (nSPS) is 12.7. The molecule has 0 amide bonds. The summed E-state index contributed by atoms with van der Waals surface area (Å²) in [5, 5.41) is 2.57. The molecule has 8 aromatic carbocycles. The molecule has 64 heavy (non-hydrogen) atoms. The minimum Gasteiger partial charge on any atom is -0.264 e. The van der Waals surface area contributed by atoms with Gasteiger partial charge in [-0.15, -0.1) is 11.3 Å². The summed E-state index contributed by atoms with van der Waals surface area (Å²) in [6.07, 6.45) is 3.85. The maximum atomic E-state index is 5.36. The van der Waals surface area contributed by atoms with Crippen LogP contribution >= 0.6 is 11.3 Å². The van der Waals surface area contributed by atoms with Crippen molar-refractivity contribution in [3.05, 3.63) is 224 Å². The van der Waals surface area contributed by atoms with E-state index in [-0.39, 0.29) is 5.41 Å². The third kappa shape index (κ3) is 6.37. The van der Waals surface area contributed by atoms with Crippen molar-refractivity contribution in [2.45, 2.75) is 19.3 Å². The minimum atomic E-state index is -0.128. The Morgan fingerprint density at radius 3 is 1.84 bits per heavy atom. The predicted octanol–water partition coefficient (Wildman–Crippen LogP) is 16.2. The highest BCUT2D eigenvalue weighted by molar-refractivity contribution is 7.26. The van der Waals surface area contributed by atoms with E-state index < -0.39 is 0 Å². The second-order valence-electron chi connectivity index (χ2n) is 17.2. The first-order chi connectivity index (χ1) is 31.5. The van der Waals surface area contributed by atoms with Crippen molar-refractivity contribution in [1.82, 2.24) is 15.0 Å². The number of nitrogens with zero attached hydrogens (tertiary/aromatic N) is 3. The number of thiophene rings is 1. The molecular formula is C60H41N3S. The van der Waals surface area contributed by atoms with Gasteiger partial charge in [-0.05, 0) is 104 Å². The third-order valence-corrected chi connectivity index (χ3v) is 14.2. The van der Waals surface area contributed by atoms with Crippen molar-refractivity contribution in [2.75, 3.05) is 0 Å². The quantitative estimate of drug-likeness (QED) is 0.161. The van der Waals surface area contributed by atoms with Crippen molar-refractivity contribution in [3.63, 3.8) is 0 Å². The Hall–Kier alpha value is -7.79. The molecule has 3 nitrogen and oxygen atoms in total. The SMILES string of the molecule is CC1(C)c2ccccc2-c2c1ccc(-c1cccc(-c3cc(-c4cc(-c5ccccc5)cc(-c5cccc6c5sc5ccccc56)c4)nc(-c4ccccc4)n3)c1)c2-c1cccnc1. The lowest BCUT2D eigenvalue weighted by Crippen LogP contribution is -2.14. The highest BCUT2D eigenvalue weighted by atomic mass is 32.1. The monoisotopic (exact) mass is 835 g/mol. The summed E-state index contributed by atoms with van der Waals surface area (Å²) in [7, 11) is 0. The summed E-state index contributed by atoms with van der Waals surface area (Å²) in [5.41, 5.74) is 19.1. The van der Waals surface area contributed by atoms with Crippen LogP contribution in [0.25, 0.3) is 110 Å². The van der Waals surface area contributed by atoms with E-state index >= 15 is 0 Å². The minimum absolute atomic E-state index is 0.128. The predicted molar refractivity (Wildman–Crippen MR) is 268 cm³/mol. The molecule has 0 radical (unpaired) electrons. The molecule has 0 aliphatic heterocycles. The molecule has 1 aliphatic rings. The van der Waals surface area contributed by atoms with E-state index in [9.17, 15) is 0 Å². The van der Waals surface area contributed by atoms with Crippen LogP contribution in [0.5, 0.6) is 0 Å². The fourth-order valence-corrected chi connectivity index (χ4v) is 11.1. The Kier molecular flexibility index (Phi) is 9.03. The Morgan fingerprint density at radius 2 is 1.02 bits per heavy atom. The zero-order chi connectivity index (χ0) is 42.8. The van der Waals surface area contributed by atoms with Gasteiger partial charge in [0.05, 0.1) is 11.4 Å². The second kappa shape index (κ2) is 15.2. The average Bonchev–Trinajstić information content (AvgIpc) is 3.86. The summed E-state index contributed by atoms with van der Waals surface area (Å²) < 4.78 is 2.58. The van der Waals surface area contributed by atoms with Crippen LogP contribution in [0.4, 0.5) is 0 Å². The maximum absolute atomic E-state index is 5.36. The van der Waals surface area contributed by atoms with Gasteiger partial charge < -0.3 is 0 Å². The van der Waals surface area contributed by atoms with E-state index in [1.165, 1.54) is 53.6 Å². The average molecular weight is 836 g/mol. The summed E-state index contributed by atoms with van der Waals surface area (Å²) in [5.74, 6) is 0.684. The lowest BCUT2D eigenvalue weighted by molar-refractivity contribution is 0.660. The molecule has 3 heterocycles. The molecule has 0 saturated heterocycles. The van der Waals surface area contributed by atoms with Crippen LogP contribution in [0.1, 0.15) is 25.0 Å². The van der Waals surface area contributed by atoms with Gasteiger partial charge in [0.25, 0.3) is 0 Å². The van der Waals surface area contributed by atoms with Gasteiger partial charge in [-0.2, -0.15) is 0 Å². The summed E-state index contributed by atoms with van der Waals surface area (Å²) >= 11 is 1.86. The molecule has 0 N–H and O–H groups in total. The molecule has 3 aromatic heterocycles. The molecule has 1 aliphatic carbocycles. The highest BCUT2D eigenvalue weighted by Gasteiger charge is 2.37. The number of rotatable bonds is 7. The second-order valence-corrected chi connectivity index (χ2v) is 18.2. The molecule has 302 valence electrons. The van der Waals surface area contributed by atoms with Gasteiger partial charge in [-0.3, -0.25) is 4.98 Å². The maximum Gasteiger partial charge on any atom is 0.160 e. The smallest absolute Gasteiger partial charge is 0.160 e. The molecule has 0 bridgehead atoms. The first kappa shape index (κ1) is 37.9. The van der Waals surface area contributed by atoms with Crippen LogP contribution in [0.15, 0.2) is 213 Å². The van der Waals surface area contributed by atoms with Crippen molar-refractivity contribution in [2.24, 2.45) is 0 Å². The molecular weight excluding hydrogens is 795 g/mol. The summed E-state index contributed by atoms with van der Waals surface area (Å²) in [6, 6.07) is 72.1. The van der Waals surface area contributed by atoms with Crippen molar-refractivity contribution in [3.8, 4) is 89.5 Å². The van der Waals surface area contributed by atoms with Gasteiger partial charge in [0.1, 0.15) is 0 Å². The summed E-state index contributed by atoms with van der Waals surface area (Å²) in [4.78, 5) is 15.3. The molecule has 0 saturated carbocycles. The Labute approximate surface area is 377 Å². The number of benzene rings is 8. The van der Waals surface area contributed by atoms with E-state index in [0.717, 1.165) is 61.5 Å². The molecule has 0 atom stereocenters. The van der Waals surface area contributed by atoms with Gasteiger partial charge in [-0.25, -0.2) is 9.97 Å². The fraction of sp³-hybridized carbons (Fsp3) is 0.0500. The van der Waals surface area contributed by atoms with Crippen LogP contribution in [-0.2, 0) is 5.41 Å². The number of pyridine rings is 1. The topological polar surface area (TPSA) is 38.7 Å². The van der Waals surface area contributed by atoms with Crippen LogP contribution < -0.4 is 0 Å². The van der Waals surface area contributed by atoms with Crippen LogP contribution in [-0.4, -0.2) is 15.0 Å². The van der Waals surface area contributed by atoms with Crippen molar-refractivity contribution < 1.29 is 0 Å². The first-order valence-electron chi connectivity index (χ1n) is 21.8. The van der Waals surface area contributed by atoms with E-state index in [1.54, 1.807) is 0 Å². The van der Waals surface area contributed by atoms with E-state index in [1.807, 2.05) is 35.9 Å². The lowest BCUT2D eigenvalue weighted by Gasteiger charge is -2.23. The molecule has 4 heteroatoms. The standard InChI is InChI=1S/C60H41N3S/c1-60(2)51-27-11-9-24-50(51)57-52(60)30-29-46(56(57)42-22-15-31-61-37-42)40-20-13-21-41(32-40)53-36-54(63-59(62-53)39-18-7-4-8-19-39)45-34-43(38-16-5-3-6-17-38)33-44(35-45)47-25-14-26-49-48-23-10-12-28-55(48)64-58(47)49/h3-37H,1-2H3. The first-order valence-corrected chi connectivity index (χ1v) is 22.6. The van der Waals surface area contributed by atoms with Crippen molar-refractivity contribution >= 4 is 31.5 Å². The number of aromatic nitrogens is 3. The van der Waals surface area contributed by atoms with Gasteiger partial charge in [0, 0.05) is 60.2 Å². The fourth-order valence-electron chi connectivity index (χ4n) is 9.85. The van der Waals surface area contributed by atoms with Crippen molar-refractivity contribution in [1.29, 1.82) is 0 Å². The molecule has 0 spiro atoms. The zero-order valence-corrected chi connectivity index (χ0v) is 36.3. The molecule has 12 rings (SSSR count). The van der Waals surface area contributed by atoms with Gasteiger partial charge in [0.15, 0.2) is 5.82 Å². The van der Waals surface area contributed by atoms with Gasteiger partial charge in [-0.1, -0.05) is 172 Å². The molecule has 0 fully saturated rings. The number of hydrogen-bond acceptors (Lipinski definition) is 4. The third-order valence-electron chi connectivity index (χ3n) is 13.0. The van der Waals surface area contributed by atoms with Crippen LogP contribution in [0, 0.1) is 0 Å². The largest absolute Gasteiger partial charge is 0.264 e. The van der Waals surface area contributed by atoms with Gasteiger partial charge in [0.2, 0.25) is 0 Å². The molecule has 0 unspecified atom stereocenters. The van der Waals surface area contributed by atoms with E-state index in [4.69, 9.17) is 9.97 Å². The Bertz CT molecular complexity index is 3570. The molecule has 11 aromatic rings. The van der Waals surface area contributed by atoms with E-state index in [2.05, 4.69) is 207 Å². The number of hydrogen-bond donors (Lipinski definition) is 0. The van der Waals surface area contributed by atoms with Crippen LogP contribution in [0.2, 0.25) is 0 Å². The Morgan fingerprint density at radius 1 is 0.391 bits per heavy atom.